The highest BCUT2D eigenvalue weighted by Gasteiger charge is 1.97. The highest BCUT2D eigenvalue weighted by molar-refractivity contribution is 7.11. The van der Waals surface area contributed by atoms with Gasteiger partial charge in [0.25, 0.3) is 0 Å². The Hall–Kier alpha value is -0.900. The van der Waals surface area contributed by atoms with E-state index in [2.05, 4.69) is 29.4 Å². The van der Waals surface area contributed by atoms with Crippen LogP contribution in [0.3, 0.4) is 0 Å². The van der Waals surface area contributed by atoms with Gasteiger partial charge in [0.15, 0.2) is 0 Å². The maximum atomic E-state index is 5.76. The normalized spacial score (nSPS) is 10.6. The maximum absolute atomic E-state index is 5.76. The molecule has 84 valence electrons. The Kier molecular flexibility index (Phi) is 3.93. The van der Waals surface area contributed by atoms with Crippen LogP contribution in [0.2, 0.25) is 5.02 Å². The summed E-state index contributed by atoms with van der Waals surface area (Å²) in [6.45, 7) is 3.78. The Bertz CT molecular complexity index is 450. The highest BCUT2D eigenvalue weighted by atomic mass is 35.5. The lowest BCUT2D eigenvalue weighted by Gasteiger charge is -2.02. The van der Waals surface area contributed by atoms with Gasteiger partial charge in [-0.05, 0) is 31.2 Å². The SMILES string of the molecule is Cc1ccc(CNCc2ccc(Cl)cn2)s1. The van der Waals surface area contributed by atoms with E-state index in [1.165, 1.54) is 9.75 Å². The molecule has 0 amide bonds. The molecule has 0 unspecified atom stereocenters. The zero-order valence-electron chi connectivity index (χ0n) is 9.03. The molecule has 0 bridgehead atoms. The van der Waals surface area contributed by atoms with E-state index in [-0.39, 0.29) is 0 Å². The van der Waals surface area contributed by atoms with E-state index in [0.717, 1.165) is 18.8 Å². The zero-order valence-corrected chi connectivity index (χ0v) is 10.6. The molecule has 0 aliphatic rings. The molecule has 2 heterocycles. The van der Waals surface area contributed by atoms with Crippen LogP contribution in [0.25, 0.3) is 0 Å². The fraction of sp³-hybridized carbons (Fsp3) is 0.250. The number of aromatic nitrogens is 1. The van der Waals surface area contributed by atoms with Crippen LogP contribution in [-0.4, -0.2) is 4.98 Å². The van der Waals surface area contributed by atoms with Gasteiger partial charge in [0, 0.05) is 29.0 Å². The van der Waals surface area contributed by atoms with Gasteiger partial charge in [0.05, 0.1) is 10.7 Å². The molecule has 0 fully saturated rings. The second kappa shape index (κ2) is 5.43. The smallest absolute Gasteiger partial charge is 0.0589 e. The first-order valence-electron chi connectivity index (χ1n) is 5.10. The maximum Gasteiger partial charge on any atom is 0.0589 e. The van der Waals surface area contributed by atoms with Crippen LogP contribution < -0.4 is 5.32 Å². The average Bonchev–Trinajstić information content (AvgIpc) is 2.67. The second-order valence-electron chi connectivity index (χ2n) is 3.58. The topological polar surface area (TPSA) is 24.9 Å². The van der Waals surface area contributed by atoms with E-state index >= 15 is 0 Å². The third kappa shape index (κ3) is 3.30. The summed E-state index contributed by atoms with van der Waals surface area (Å²) in [5, 5.41) is 4.03. The van der Waals surface area contributed by atoms with Crippen molar-refractivity contribution in [1.82, 2.24) is 10.3 Å². The minimum absolute atomic E-state index is 0.678. The third-order valence-electron chi connectivity index (χ3n) is 2.19. The molecular weight excluding hydrogens is 240 g/mol. The van der Waals surface area contributed by atoms with Crippen molar-refractivity contribution < 1.29 is 0 Å². The Morgan fingerprint density at radius 2 is 2.12 bits per heavy atom. The van der Waals surface area contributed by atoms with Crippen molar-refractivity contribution in [2.45, 2.75) is 20.0 Å². The molecule has 0 atom stereocenters. The highest BCUT2D eigenvalue weighted by Crippen LogP contribution is 2.14. The van der Waals surface area contributed by atoms with Crippen molar-refractivity contribution in [3.8, 4) is 0 Å². The van der Waals surface area contributed by atoms with Crippen molar-refractivity contribution in [3.05, 3.63) is 50.9 Å². The molecule has 0 aliphatic carbocycles. The minimum atomic E-state index is 0.678. The van der Waals surface area contributed by atoms with Crippen LogP contribution in [0.4, 0.5) is 0 Å². The van der Waals surface area contributed by atoms with Crippen LogP contribution in [0.15, 0.2) is 30.5 Å². The van der Waals surface area contributed by atoms with E-state index < -0.39 is 0 Å². The Labute approximate surface area is 104 Å². The summed E-state index contributed by atoms with van der Waals surface area (Å²) < 4.78 is 0. The van der Waals surface area contributed by atoms with Gasteiger partial charge in [0.2, 0.25) is 0 Å². The molecule has 0 spiro atoms. The number of rotatable bonds is 4. The molecule has 2 aromatic rings. The number of nitrogens with zero attached hydrogens (tertiary/aromatic N) is 1. The predicted octanol–water partition coefficient (Wildman–Crippen LogP) is 3.39. The molecule has 0 radical (unpaired) electrons. The Morgan fingerprint density at radius 1 is 1.25 bits per heavy atom. The molecule has 0 saturated carbocycles. The van der Waals surface area contributed by atoms with Gasteiger partial charge in [0.1, 0.15) is 0 Å². The van der Waals surface area contributed by atoms with Crippen molar-refractivity contribution in [2.75, 3.05) is 0 Å². The first-order chi connectivity index (χ1) is 7.74. The van der Waals surface area contributed by atoms with Gasteiger partial charge in [-0.3, -0.25) is 4.98 Å². The third-order valence-corrected chi connectivity index (χ3v) is 3.41. The molecule has 0 aromatic carbocycles. The lowest BCUT2D eigenvalue weighted by molar-refractivity contribution is 0.686. The van der Waals surface area contributed by atoms with Gasteiger partial charge < -0.3 is 5.32 Å². The van der Waals surface area contributed by atoms with E-state index in [9.17, 15) is 0 Å². The van der Waals surface area contributed by atoms with Crippen molar-refractivity contribution in [3.63, 3.8) is 0 Å². The van der Waals surface area contributed by atoms with Gasteiger partial charge >= 0.3 is 0 Å². The molecule has 4 heteroatoms. The summed E-state index contributed by atoms with van der Waals surface area (Å²) in [5.74, 6) is 0. The number of nitrogens with one attached hydrogen (secondary N) is 1. The largest absolute Gasteiger partial charge is 0.306 e. The fourth-order valence-corrected chi connectivity index (χ4v) is 2.38. The van der Waals surface area contributed by atoms with Gasteiger partial charge in [-0.25, -0.2) is 0 Å². The predicted molar refractivity (Wildman–Crippen MR) is 68.8 cm³/mol. The molecule has 2 nitrogen and oxygen atoms in total. The van der Waals surface area contributed by atoms with Crippen LogP contribution in [0.1, 0.15) is 15.4 Å². The molecule has 16 heavy (non-hydrogen) atoms. The zero-order chi connectivity index (χ0) is 11.4. The van der Waals surface area contributed by atoms with Crippen molar-refractivity contribution in [2.24, 2.45) is 0 Å². The Morgan fingerprint density at radius 3 is 2.75 bits per heavy atom. The van der Waals surface area contributed by atoms with Crippen molar-refractivity contribution >= 4 is 22.9 Å². The van der Waals surface area contributed by atoms with Crippen LogP contribution in [-0.2, 0) is 13.1 Å². The monoisotopic (exact) mass is 252 g/mol. The van der Waals surface area contributed by atoms with Gasteiger partial charge in [-0.15, -0.1) is 11.3 Å². The molecule has 0 saturated heterocycles. The van der Waals surface area contributed by atoms with Crippen LogP contribution in [0.5, 0.6) is 0 Å². The molecule has 2 aromatic heterocycles. The number of halogens is 1. The number of aryl methyl sites for hydroxylation is 1. The Balaban J connectivity index is 1.82. The molecular formula is C12H13ClN2S. The van der Waals surface area contributed by atoms with E-state index in [1.807, 2.05) is 23.5 Å². The van der Waals surface area contributed by atoms with E-state index in [0.29, 0.717) is 5.02 Å². The summed E-state index contributed by atoms with van der Waals surface area (Å²) in [5.41, 5.74) is 1.01. The standard InChI is InChI=1S/C12H13ClN2S/c1-9-2-5-12(16-9)8-14-7-11-4-3-10(13)6-15-11/h2-6,14H,7-8H2,1H3. The van der Waals surface area contributed by atoms with Crippen molar-refractivity contribution in [1.29, 1.82) is 0 Å². The molecule has 0 aliphatic heterocycles. The number of thiophene rings is 1. The fourth-order valence-electron chi connectivity index (χ4n) is 1.40. The first-order valence-corrected chi connectivity index (χ1v) is 6.30. The minimum Gasteiger partial charge on any atom is -0.306 e. The average molecular weight is 253 g/mol. The molecule has 2 rings (SSSR count). The van der Waals surface area contributed by atoms with Gasteiger partial charge in [-0.2, -0.15) is 0 Å². The van der Waals surface area contributed by atoms with E-state index in [1.54, 1.807) is 6.20 Å². The number of pyridine rings is 1. The lowest BCUT2D eigenvalue weighted by atomic mass is 10.3. The summed E-state index contributed by atoms with van der Waals surface area (Å²) in [6.07, 6.45) is 1.67. The molecule has 1 N–H and O–H groups in total. The number of hydrogen-bond donors (Lipinski definition) is 1. The quantitative estimate of drug-likeness (QED) is 0.902. The van der Waals surface area contributed by atoms with Crippen LogP contribution >= 0.6 is 22.9 Å². The summed E-state index contributed by atoms with van der Waals surface area (Å²) >= 11 is 7.58. The van der Waals surface area contributed by atoms with Gasteiger partial charge in [-0.1, -0.05) is 11.6 Å². The second-order valence-corrected chi connectivity index (χ2v) is 5.39. The number of hydrogen-bond acceptors (Lipinski definition) is 3. The lowest BCUT2D eigenvalue weighted by Crippen LogP contribution is -2.12. The summed E-state index contributed by atoms with van der Waals surface area (Å²) in [4.78, 5) is 6.93. The first kappa shape index (κ1) is 11.6. The van der Waals surface area contributed by atoms with Crippen LogP contribution in [0, 0.1) is 6.92 Å². The van der Waals surface area contributed by atoms with E-state index in [4.69, 9.17) is 11.6 Å². The summed E-state index contributed by atoms with van der Waals surface area (Å²) in [6, 6.07) is 8.10. The summed E-state index contributed by atoms with van der Waals surface area (Å²) in [7, 11) is 0.